The number of rotatable bonds is 5. The lowest BCUT2D eigenvalue weighted by atomic mass is 9.93. The molecule has 0 aliphatic heterocycles. The molecule has 1 aromatic heterocycles. The molecule has 0 bridgehead atoms. The number of nitrogens with zero attached hydrogens (tertiary/aromatic N) is 2. The van der Waals surface area contributed by atoms with E-state index in [1.165, 1.54) is 12.5 Å². The summed E-state index contributed by atoms with van der Waals surface area (Å²) in [7, 11) is 0. The molecular weight excluding hydrogens is 295 g/mol. The molecule has 0 saturated heterocycles. The first-order valence-corrected chi connectivity index (χ1v) is 7.64. The normalized spacial score (nSPS) is 15.1. The van der Waals surface area contributed by atoms with Crippen molar-refractivity contribution in [2.24, 2.45) is 10.7 Å². The Morgan fingerprint density at radius 1 is 1.35 bits per heavy atom. The first-order valence-electron chi connectivity index (χ1n) is 7.64. The molecule has 23 heavy (non-hydrogen) atoms. The Balaban J connectivity index is 1.63. The minimum Gasteiger partial charge on any atom is -0.436 e. The van der Waals surface area contributed by atoms with Crippen LogP contribution in [0.2, 0.25) is 0 Å². The molecule has 0 amide bonds. The lowest BCUT2D eigenvalue weighted by molar-refractivity contribution is 0.382. The lowest BCUT2D eigenvalue weighted by Crippen LogP contribution is -2.43. The fourth-order valence-corrected chi connectivity index (χ4v) is 2.23. The first-order chi connectivity index (χ1) is 11.2. The molecule has 6 heteroatoms. The fraction of sp³-hybridized carbons (Fsp3) is 0.294. The van der Waals surface area contributed by atoms with Crippen LogP contribution in [-0.4, -0.2) is 17.0 Å². The van der Waals surface area contributed by atoms with E-state index in [1.54, 1.807) is 30.5 Å². The summed E-state index contributed by atoms with van der Waals surface area (Å²) in [5.74, 6) is 0.495. The molecule has 3 N–H and O–H groups in total. The molecule has 0 spiro atoms. The number of nitrogens with one attached hydrogen (secondary N) is 1. The van der Waals surface area contributed by atoms with Gasteiger partial charge in [0.2, 0.25) is 5.88 Å². The Labute approximate surface area is 134 Å². The number of halogens is 1. The van der Waals surface area contributed by atoms with Gasteiger partial charge in [0, 0.05) is 18.3 Å². The minimum absolute atomic E-state index is 0.145. The van der Waals surface area contributed by atoms with Crippen LogP contribution in [0, 0.1) is 5.82 Å². The SMILES string of the molecule is NC(=NCc1ccnc(Oc2ccccc2F)c1)NC1CCC1. The number of benzene rings is 1. The van der Waals surface area contributed by atoms with Crippen LogP contribution in [0.25, 0.3) is 0 Å². The van der Waals surface area contributed by atoms with E-state index in [4.69, 9.17) is 10.5 Å². The van der Waals surface area contributed by atoms with Gasteiger partial charge in [-0.2, -0.15) is 0 Å². The summed E-state index contributed by atoms with van der Waals surface area (Å²) in [5.41, 5.74) is 6.75. The third-order valence-corrected chi connectivity index (χ3v) is 3.74. The summed E-state index contributed by atoms with van der Waals surface area (Å²) in [6.45, 7) is 0.418. The summed E-state index contributed by atoms with van der Waals surface area (Å²) in [6, 6.07) is 10.2. The van der Waals surface area contributed by atoms with Crippen molar-refractivity contribution in [2.75, 3.05) is 0 Å². The maximum Gasteiger partial charge on any atom is 0.219 e. The first kappa shape index (κ1) is 15.3. The monoisotopic (exact) mass is 314 g/mol. The van der Waals surface area contributed by atoms with Gasteiger partial charge in [0.05, 0.1) is 6.54 Å². The van der Waals surface area contributed by atoms with E-state index in [0.717, 1.165) is 18.4 Å². The van der Waals surface area contributed by atoms with Crippen molar-refractivity contribution < 1.29 is 9.13 Å². The number of aromatic nitrogens is 1. The van der Waals surface area contributed by atoms with Gasteiger partial charge in [-0.15, -0.1) is 0 Å². The van der Waals surface area contributed by atoms with E-state index in [-0.39, 0.29) is 5.75 Å². The van der Waals surface area contributed by atoms with E-state index in [9.17, 15) is 4.39 Å². The van der Waals surface area contributed by atoms with E-state index in [0.29, 0.717) is 24.4 Å². The molecule has 0 atom stereocenters. The zero-order chi connectivity index (χ0) is 16.1. The van der Waals surface area contributed by atoms with Gasteiger partial charge in [-0.25, -0.2) is 14.4 Å². The van der Waals surface area contributed by atoms with Gasteiger partial charge >= 0.3 is 0 Å². The van der Waals surface area contributed by atoms with Crippen LogP contribution in [0.4, 0.5) is 4.39 Å². The minimum atomic E-state index is -0.424. The van der Waals surface area contributed by atoms with Crippen LogP contribution in [0.1, 0.15) is 24.8 Å². The number of para-hydroxylation sites is 1. The molecule has 120 valence electrons. The molecule has 3 rings (SSSR count). The summed E-state index contributed by atoms with van der Waals surface area (Å²) < 4.78 is 19.1. The van der Waals surface area contributed by atoms with Crippen molar-refractivity contribution in [3.63, 3.8) is 0 Å². The van der Waals surface area contributed by atoms with E-state index in [2.05, 4.69) is 15.3 Å². The molecule has 1 saturated carbocycles. The van der Waals surface area contributed by atoms with E-state index in [1.807, 2.05) is 6.07 Å². The predicted molar refractivity (Wildman–Crippen MR) is 86.8 cm³/mol. The average Bonchev–Trinajstić information content (AvgIpc) is 2.52. The van der Waals surface area contributed by atoms with E-state index >= 15 is 0 Å². The van der Waals surface area contributed by atoms with Gasteiger partial charge in [-0.3, -0.25) is 0 Å². The Morgan fingerprint density at radius 2 is 2.17 bits per heavy atom. The number of guanidine groups is 1. The van der Waals surface area contributed by atoms with Crippen LogP contribution in [0.3, 0.4) is 0 Å². The van der Waals surface area contributed by atoms with Gasteiger partial charge in [0.15, 0.2) is 17.5 Å². The highest BCUT2D eigenvalue weighted by Gasteiger charge is 2.17. The molecule has 0 unspecified atom stereocenters. The van der Waals surface area contributed by atoms with Crippen molar-refractivity contribution in [3.05, 3.63) is 54.0 Å². The molecule has 0 radical (unpaired) electrons. The summed E-state index contributed by atoms with van der Waals surface area (Å²) in [5, 5.41) is 3.18. The summed E-state index contributed by atoms with van der Waals surface area (Å²) in [6.07, 6.45) is 5.14. The fourth-order valence-electron chi connectivity index (χ4n) is 2.23. The van der Waals surface area contributed by atoms with Crippen LogP contribution >= 0.6 is 0 Å². The summed E-state index contributed by atoms with van der Waals surface area (Å²) >= 11 is 0. The molecule has 1 aliphatic rings. The number of aliphatic imine (C=N–C) groups is 1. The van der Waals surface area contributed by atoms with Gasteiger partial charge in [-0.1, -0.05) is 12.1 Å². The van der Waals surface area contributed by atoms with Crippen LogP contribution in [0.5, 0.6) is 11.6 Å². The third kappa shape index (κ3) is 4.18. The largest absolute Gasteiger partial charge is 0.436 e. The Morgan fingerprint density at radius 3 is 2.91 bits per heavy atom. The molecule has 1 heterocycles. The van der Waals surface area contributed by atoms with Gasteiger partial charge < -0.3 is 15.8 Å². The van der Waals surface area contributed by atoms with Gasteiger partial charge in [-0.05, 0) is 43.0 Å². The molecule has 1 fully saturated rings. The highest BCUT2D eigenvalue weighted by atomic mass is 19.1. The number of hydrogen-bond acceptors (Lipinski definition) is 3. The molecule has 1 aromatic carbocycles. The van der Waals surface area contributed by atoms with Crippen molar-refractivity contribution in [1.29, 1.82) is 0 Å². The zero-order valence-corrected chi connectivity index (χ0v) is 12.7. The predicted octanol–water partition coefficient (Wildman–Crippen LogP) is 2.97. The Kier molecular flexibility index (Phi) is 4.71. The lowest BCUT2D eigenvalue weighted by Gasteiger charge is -2.26. The van der Waals surface area contributed by atoms with Crippen LogP contribution in [-0.2, 0) is 6.54 Å². The topological polar surface area (TPSA) is 72.5 Å². The second-order valence-electron chi connectivity index (χ2n) is 5.51. The highest BCUT2D eigenvalue weighted by Crippen LogP contribution is 2.23. The van der Waals surface area contributed by atoms with Crippen LogP contribution in [0.15, 0.2) is 47.6 Å². The Bertz CT molecular complexity index is 700. The average molecular weight is 314 g/mol. The van der Waals surface area contributed by atoms with Crippen molar-refractivity contribution in [2.45, 2.75) is 31.8 Å². The summed E-state index contributed by atoms with van der Waals surface area (Å²) in [4.78, 5) is 8.40. The van der Waals surface area contributed by atoms with Gasteiger partial charge in [0.1, 0.15) is 0 Å². The van der Waals surface area contributed by atoms with Crippen LogP contribution < -0.4 is 15.8 Å². The number of pyridine rings is 1. The van der Waals surface area contributed by atoms with E-state index < -0.39 is 5.82 Å². The molecule has 1 aliphatic carbocycles. The highest BCUT2D eigenvalue weighted by molar-refractivity contribution is 5.78. The number of nitrogens with two attached hydrogens (primary N) is 1. The van der Waals surface area contributed by atoms with Crippen molar-refractivity contribution in [1.82, 2.24) is 10.3 Å². The quantitative estimate of drug-likeness (QED) is 0.657. The maximum atomic E-state index is 13.6. The Hall–Kier alpha value is -2.63. The molecule has 5 nitrogen and oxygen atoms in total. The third-order valence-electron chi connectivity index (χ3n) is 3.74. The zero-order valence-electron chi connectivity index (χ0n) is 12.7. The number of hydrogen-bond donors (Lipinski definition) is 2. The number of ether oxygens (including phenoxy) is 1. The second kappa shape index (κ2) is 7.09. The maximum absolute atomic E-state index is 13.6. The standard InChI is InChI=1S/C17H19FN4O/c18-14-6-1-2-7-15(14)23-16-10-12(8-9-20-16)11-21-17(19)22-13-4-3-5-13/h1-2,6-10,13H,3-5,11H2,(H3,19,21,22). The molecule has 2 aromatic rings. The molecular formula is C17H19FN4O. The second-order valence-corrected chi connectivity index (χ2v) is 5.51. The van der Waals surface area contributed by atoms with Crippen molar-refractivity contribution >= 4 is 5.96 Å². The van der Waals surface area contributed by atoms with Crippen molar-refractivity contribution in [3.8, 4) is 11.6 Å². The van der Waals surface area contributed by atoms with Gasteiger partial charge in [0.25, 0.3) is 0 Å². The smallest absolute Gasteiger partial charge is 0.219 e.